The normalized spacial score (nSPS) is 13.7. The van der Waals surface area contributed by atoms with Gasteiger partial charge in [-0.25, -0.2) is 0 Å². The van der Waals surface area contributed by atoms with Crippen molar-refractivity contribution in [3.63, 3.8) is 0 Å². The largest absolute Gasteiger partial charge is 0.432 e. The zero-order valence-electron chi connectivity index (χ0n) is 14.7. The average molecular weight is 356 g/mol. The van der Waals surface area contributed by atoms with E-state index in [9.17, 15) is 4.57 Å². The average Bonchev–Trinajstić information content (AvgIpc) is 2.38. The molecule has 0 fully saturated rings. The van der Waals surface area contributed by atoms with Crippen molar-refractivity contribution in [2.45, 2.75) is 53.6 Å². The molecule has 8 heteroatoms. The Kier molecular flexibility index (Phi) is 10.8. The molecule has 0 rings (SSSR count). The summed E-state index contributed by atoms with van der Waals surface area (Å²) in [7, 11) is -4.73. The van der Waals surface area contributed by atoms with Crippen molar-refractivity contribution in [2.75, 3.05) is 26.4 Å². The Labute approximate surface area is 136 Å². The monoisotopic (exact) mass is 356 g/mol. The van der Waals surface area contributed by atoms with E-state index in [-0.39, 0.29) is 0 Å². The fourth-order valence-corrected chi connectivity index (χ4v) is 4.38. The standard InChI is InChI=1S/C14H30O6P2/c1-8-16-21(17-9-2)20-13(5)12-14(6,7)22(15,18-10-3)19-11-4/h12H,8-11H2,1-7H3/b13-12+. The van der Waals surface area contributed by atoms with E-state index in [4.69, 9.17) is 22.6 Å². The van der Waals surface area contributed by atoms with Crippen molar-refractivity contribution in [1.29, 1.82) is 0 Å². The smallest absolute Gasteiger partial charge is 0.396 e. The molecule has 0 atom stereocenters. The van der Waals surface area contributed by atoms with Gasteiger partial charge in [0.1, 0.15) is 0 Å². The third-order valence-electron chi connectivity index (χ3n) is 2.55. The van der Waals surface area contributed by atoms with E-state index in [0.717, 1.165) is 0 Å². The lowest BCUT2D eigenvalue weighted by Gasteiger charge is -2.30. The molecule has 0 aliphatic rings. The molecule has 0 aromatic carbocycles. The second-order valence-corrected chi connectivity index (χ2v) is 8.70. The predicted octanol–water partition coefficient (Wildman–Crippen LogP) is 5.25. The zero-order chi connectivity index (χ0) is 17.2. The quantitative estimate of drug-likeness (QED) is 0.351. The van der Waals surface area contributed by atoms with E-state index >= 15 is 0 Å². The van der Waals surface area contributed by atoms with Gasteiger partial charge in [-0.15, -0.1) is 0 Å². The molecular formula is C14H30O6P2. The van der Waals surface area contributed by atoms with Crippen LogP contribution in [-0.2, 0) is 27.2 Å². The molecule has 0 radical (unpaired) electrons. The van der Waals surface area contributed by atoms with E-state index in [1.165, 1.54) is 0 Å². The Bertz CT molecular complexity index is 368. The SMILES string of the molecule is CCOP(OCC)O/C(C)=C/C(C)(C)P(=O)(OCC)OCC. The maximum Gasteiger partial charge on any atom is 0.396 e. The van der Waals surface area contributed by atoms with Crippen LogP contribution in [0.5, 0.6) is 0 Å². The van der Waals surface area contributed by atoms with Crippen LogP contribution in [-0.4, -0.2) is 31.6 Å². The maximum atomic E-state index is 12.9. The highest BCUT2D eigenvalue weighted by Gasteiger charge is 2.42. The Morgan fingerprint density at radius 1 is 1.00 bits per heavy atom. The van der Waals surface area contributed by atoms with Gasteiger partial charge in [-0.3, -0.25) is 4.57 Å². The first-order valence-corrected chi connectivity index (χ1v) is 10.2. The number of allylic oxidation sites excluding steroid dienone is 2. The third kappa shape index (κ3) is 7.08. The summed E-state index contributed by atoms with van der Waals surface area (Å²) in [5, 5.41) is -0.817. The highest BCUT2D eigenvalue weighted by atomic mass is 31.2. The molecule has 6 nitrogen and oxygen atoms in total. The zero-order valence-corrected chi connectivity index (χ0v) is 16.5. The summed E-state index contributed by atoms with van der Waals surface area (Å²) < 4.78 is 40.2. The van der Waals surface area contributed by atoms with Gasteiger partial charge < -0.3 is 22.6 Å². The van der Waals surface area contributed by atoms with Gasteiger partial charge in [0.15, 0.2) is 0 Å². The number of hydrogen-bond acceptors (Lipinski definition) is 6. The summed E-state index contributed by atoms with van der Waals surface area (Å²) in [6.07, 6.45) is 1.74. The minimum absolute atomic E-state index is 0.319. The Morgan fingerprint density at radius 2 is 1.45 bits per heavy atom. The van der Waals surface area contributed by atoms with Crippen molar-refractivity contribution >= 4 is 16.2 Å². The molecule has 0 aromatic rings. The molecule has 0 bridgehead atoms. The Balaban J connectivity index is 5.12. The summed E-state index contributed by atoms with van der Waals surface area (Å²) in [6.45, 7) is 14.3. The second-order valence-electron chi connectivity index (χ2n) is 4.89. The lowest BCUT2D eigenvalue weighted by atomic mass is 10.2. The first-order chi connectivity index (χ1) is 10.3. The molecule has 0 heterocycles. The first kappa shape index (κ1) is 22.0. The minimum Gasteiger partial charge on any atom is -0.432 e. The molecule has 0 aliphatic carbocycles. The molecule has 22 heavy (non-hydrogen) atoms. The molecule has 0 aromatic heterocycles. The highest BCUT2D eigenvalue weighted by molar-refractivity contribution is 7.55. The van der Waals surface area contributed by atoms with Crippen molar-refractivity contribution in [2.24, 2.45) is 0 Å². The molecule has 132 valence electrons. The van der Waals surface area contributed by atoms with Crippen LogP contribution in [0, 0.1) is 0 Å². The molecule has 0 aliphatic heterocycles. The Morgan fingerprint density at radius 3 is 1.82 bits per heavy atom. The Hall–Kier alpha value is 0.0400. The van der Waals surface area contributed by atoms with Crippen molar-refractivity contribution < 1.29 is 27.2 Å². The van der Waals surface area contributed by atoms with Gasteiger partial charge in [0.25, 0.3) is 0 Å². The van der Waals surface area contributed by atoms with Crippen LogP contribution < -0.4 is 0 Å². The highest BCUT2D eigenvalue weighted by Crippen LogP contribution is 2.61. The van der Waals surface area contributed by atoms with Gasteiger partial charge in [-0.1, -0.05) is 0 Å². The van der Waals surface area contributed by atoms with Crippen LogP contribution in [0.2, 0.25) is 0 Å². The minimum atomic E-state index is -3.28. The van der Waals surface area contributed by atoms with Crippen LogP contribution in [0.3, 0.4) is 0 Å². The van der Waals surface area contributed by atoms with Gasteiger partial charge in [-0.05, 0) is 54.5 Å². The summed E-state index contributed by atoms with van der Waals surface area (Å²) in [5.41, 5.74) is 0. The van der Waals surface area contributed by atoms with Crippen molar-refractivity contribution in [3.8, 4) is 0 Å². The predicted molar refractivity (Wildman–Crippen MR) is 90.0 cm³/mol. The lowest BCUT2D eigenvalue weighted by molar-refractivity contribution is 0.194. The number of hydrogen-bond donors (Lipinski definition) is 0. The molecule has 0 saturated carbocycles. The van der Waals surface area contributed by atoms with Gasteiger partial charge in [-0.2, -0.15) is 0 Å². The molecule has 0 spiro atoms. The van der Waals surface area contributed by atoms with Gasteiger partial charge >= 0.3 is 16.2 Å². The van der Waals surface area contributed by atoms with Crippen LogP contribution >= 0.6 is 16.2 Å². The molecular weight excluding hydrogens is 326 g/mol. The van der Waals surface area contributed by atoms with E-state index in [1.54, 1.807) is 40.7 Å². The van der Waals surface area contributed by atoms with E-state index in [0.29, 0.717) is 32.2 Å². The van der Waals surface area contributed by atoms with Gasteiger partial charge in [0.2, 0.25) is 0 Å². The van der Waals surface area contributed by atoms with E-state index < -0.39 is 21.4 Å². The van der Waals surface area contributed by atoms with Crippen LogP contribution in [0.1, 0.15) is 48.5 Å². The van der Waals surface area contributed by atoms with Gasteiger partial charge in [0, 0.05) is 0 Å². The summed E-state index contributed by atoms with van der Waals surface area (Å²) in [5.74, 6) is 0.567. The summed E-state index contributed by atoms with van der Waals surface area (Å²) in [4.78, 5) is 0. The maximum absolute atomic E-state index is 12.9. The fourth-order valence-electron chi connectivity index (χ4n) is 1.73. The lowest BCUT2D eigenvalue weighted by Crippen LogP contribution is -2.21. The first-order valence-electron chi connectivity index (χ1n) is 7.58. The molecule has 0 unspecified atom stereocenters. The van der Waals surface area contributed by atoms with Crippen molar-refractivity contribution in [3.05, 3.63) is 11.8 Å². The van der Waals surface area contributed by atoms with E-state index in [1.807, 2.05) is 13.8 Å². The van der Waals surface area contributed by atoms with Crippen LogP contribution in [0.25, 0.3) is 0 Å². The molecule has 0 saturated heterocycles. The van der Waals surface area contributed by atoms with Gasteiger partial charge in [0.05, 0.1) is 37.3 Å². The summed E-state index contributed by atoms with van der Waals surface area (Å²) >= 11 is 0. The topological polar surface area (TPSA) is 63.2 Å². The summed E-state index contributed by atoms with van der Waals surface area (Å²) in [6, 6.07) is 0. The molecule has 0 amide bonds. The third-order valence-corrected chi connectivity index (χ3v) is 6.66. The number of rotatable bonds is 12. The van der Waals surface area contributed by atoms with E-state index in [2.05, 4.69) is 0 Å². The van der Waals surface area contributed by atoms with Crippen molar-refractivity contribution in [1.82, 2.24) is 0 Å². The second kappa shape index (κ2) is 10.7. The van der Waals surface area contributed by atoms with Crippen LogP contribution in [0.4, 0.5) is 0 Å². The molecule has 0 N–H and O–H groups in total. The van der Waals surface area contributed by atoms with Crippen LogP contribution in [0.15, 0.2) is 11.8 Å². The fraction of sp³-hybridized carbons (Fsp3) is 0.857.